The molecule has 3 heteroatoms. The van der Waals surface area contributed by atoms with Crippen molar-refractivity contribution in [2.24, 2.45) is 0 Å². The van der Waals surface area contributed by atoms with Gasteiger partial charge in [0.25, 0.3) is 0 Å². The molecule has 106 valence electrons. The molecule has 1 aromatic heterocycles. The lowest BCUT2D eigenvalue weighted by Gasteiger charge is -2.06. The Morgan fingerprint density at radius 1 is 1.29 bits per heavy atom. The van der Waals surface area contributed by atoms with Crippen molar-refractivity contribution in [3.05, 3.63) is 69.7 Å². The molecule has 3 rings (SSSR count). The fraction of sp³-hybridized carbons (Fsp3) is 0.167. The van der Waals surface area contributed by atoms with E-state index in [1.54, 1.807) is 24.3 Å². The summed E-state index contributed by atoms with van der Waals surface area (Å²) in [5.41, 5.74) is -0.633. The Morgan fingerprint density at radius 3 is 2.90 bits per heavy atom. The number of halogens is 1. The van der Waals surface area contributed by atoms with Crippen LogP contribution < -0.4 is 5.43 Å². The standard InChI is InChI=1S/C18H15FO2/c1-11(2)7-8-12-9-13(19)10-16-17(12)18(20)14-5-3-4-6-15(14)21-16/h3-7,9-10H,8H2,1-2H3/i1D3,2D3. The first-order valence-corrected chi connectivity index (χ1v) is 6.33. The van der Waals surface area contributed by atoms with Gasteiger partial charge < -0.3 is 4.42 Å². The number of hydrogen-bond donors (Lipinski definition) is 0. The Morgan fingerprint density at radius 2 is 2.10 bits per heavy atom. The fourth-order valence-corrected chi connectivity index (χ4v) is 2.34. The molecule has 0 aliphatic carbocycles. The van der Waals surface area contributed by atoms with Gasteiger partial charge in [0.2, 0.25) is 5.43 Å². The zero-order valence-corrected chi connectivity index (χ0v) is 10.9. The molecule has 0 saturated carbocycles. The van der Waals surface area contributed by atoms with Crippen LogP contribution in [0, 0.1) is 5.82 Å². The molecular formula is C18H15FO2. The largest absolute Gasteiger partial charge is 0.456 e. The number of hydrogen-bond acceptors (Lipinski definition) is 2. The van der Waals surface area contributed by atoms with Crippen molar-refractivity contribution >= 4 is 21.9 Å². The molecule has 1 heterocycles. The maximum atomic E-state index is 14.0. The van der Waals surface area contributed by atoms with Gasteiger partial charge in [0, 0.05) is 14.3 Å². The van der Waals surface area contributed by atoms with Crippen LogP contribution in [-0.2, 0) is 6.42 Å². The first kappa shape index (κ1) is 8.13. The lowest BCUT2D eigenvalue weighted by molar-refractivity contribution is 0.614. The maximum absolute atomic E-state index is 14.0. The van der Waals surface area contributed by atoms with E-state index in [1.165, 1.54) is 0 Å². The van der Waals surface area contributed by atoms with Gasteiger partial charge in [0.1, 0.15) is 17.0 Å². The highest BCUT2D eigenvalue weighted by Gasteiger charge is 2.12. The molecule has 2 aromatic carbocycles. The van der Waals surface area contributed by atoms with E-state index in [9.17, 15) is 9.18 Å². The Bertz CT molecular complexity index is 1090. The Kier molecular flexibility index (Phi) is 2.00. The number of benzene rings is 2. The summed E-state index contributed by atoms with van der Waals surface area (Å²) in [4.78, 5) is 12.8. The van der Waals surface area contributed by atoms with Gasteiger partial charge in [-0.2, -0.15) is 0 Å². The normalized spacial score (nSPS) is 16.4. The van der Waals surface area contributed by atoms with Crippen LogP contribution >= 0.6 is 0 Å². The molecule has 0 amide bonds. The number of allylic oxidation sites excluding steroid dienone is 2. The van der Waals surface area contributed by atoms with E-state index >= 15 is 0 Å². The summed E-state index contributed by atoms with van der Waals surface area (Å²) in [5, 5.41) is 0.399. The van der Waals surface area contributed by atoms with Gasteiger partial charge in [-0.15, -0.1) is 0 Å². The Labute approximate surface area is 129 Å². The molecule has 0 fully saturated rings. The summed E-state index contributed by atoms with van der Waals surface area (Å²) in [6, 6.07) is 8.66. The summed E-state index contributed by atoms with van der Waals surface area (Å²) in [5.74, 6) is -0.673. The minimum atomic E-state index is -2.83. The summed E-state index contributed by atoms with van der Waals surface area (Å²) >= 11 is 0. The predicted molar refractivity (Wildman–Crippen MR) is 83.1 cm³/mol. The fourth-order valence-electron chi connectivity index (χ4n) is 2.34. The number of rotatable bonds is 2. The van der Waals surface area contributed by atoms with Crippen molar-refractivity contribution in [2.45, 2.75) is 20.1 Å². The van der Waals surface area contributed by atoms with Gasteiger partial charge in [-0.05, 0) is 43.9 Å². The third kappa shape index (κ3) is 2.47. The molecule has 3 aromatic rings. The monoisotopic (exact) mass is 288 g/mol. The van der Waals surface area contributed by atoms with Crippen molar-refractivity contribution in [2.75, 3.05) is 0 Å². The van der Waals surface area contributed by atoms with E-state index in [4.69, 9.17) is 12.6 Å². The molecule has 0 aliphatic rings. The van der Waals surface area contributed by atoms with Gasteiger partial charge in [0.05, 0.1) is 10.8 Å². The first-order valence-electron chi connectivity index (χ1n) is 9.33. The van der Waals surface area contributed by atoms with E-state index in [2.05, 4.69) is 0 Å². The third-order valence-electron chi connectivity index (χ3n) is 3.25. The molecule has 0 spiro atoms. The smallest absolute Gasteiger partial charge is 0.200 e. The maximum Gasteiger partial charge on any atom is 0.200 e. The Balaban J connectivity index is 2.24. The van der Waals surface area contributed by atoms with Crippen molar-refractivity contribution in [3.8, 4) is 0 Å². The van der Waals surface area contributed by atoms with E-state index < -0.39 is 25.1 Å². The molecule has 2 nitrogen and oxygen atoms in total. The lowest BCUT2D eigenvalue weighted by Crippen LogP contribution is -2.05. The van der Waals surface area contributed by atoms with Crippen molar-refractivity contribution in [1.82, 2.24) is 0 Å². The lowest BCUT2D eigenvalue weighted by atomic mass is 10.0. The van der Waals surface area contributed by atoms with Gasteiger partial charge in [-0.1, -0.05) is 23.8 Å². The zero-order chi connectivity index (χ0) is 20.0. The number of fused-ring (bicyclic) bond motifs is 2. The van der Waals surface area contributed by atoms with Crippen molar-refractivity contribution in [1.29, 1.82) is 0 Å². The summed E-state index contributed by atoms with van der Waals surface area (Å²) in [7, 11) is 0. The molecule has 21 heavy (non-hydrogen) atoms. The summed E-state index contributed by atoms with van der Waals surface area (Å²) in [6.07, 6.45) is 0.784. The molecular weight excluding hydrogens is 267 g/mol. The first-order chi connectivity index (χ1) is 12.5. The highest BCUT2D eigenvalue weighted by Crippen LogP contribution is 2.23. The molecule has 0 bridgehead atoms. The molecule has 0 aliphatic heterocycles. The second-order valence-electron chi connectivity index (χ2n) is 4.69. The predicted octanol–water partition coefficient (Wildman–Crippen LogP) is 4.59. The molecule has 0 N–H and O–H groups in total. The van der Waals surface area contributed by atoms with Crippen molar-refractivity contribution < 1.29 is 17.0 Å². The van der Waals surface area contributed by atoms with Crippen molar-refractivity contribution in [3.63, 3.8) is 0 Å². The van der Waals surface area contributed by atoms with Crippen LogP contribution in [-0.4, -0.2) is 0 Å². The molecule has 0 saturated heterocycles. The van der Waals surface area contributed by atoms with E-state index in [0.717, 1.165) is 18.2 Å². The van der Waals surface area contributed by atoms with Gasteiger partial charge in [-0.25, -0.2) is 4.39 Å². The minimum absolute atomic E-state index is 0.0198. The Hall–Kier alpha value is -2.42. The molecule has 0 radical (unpaired) electrons. The minimum Gasteiger partial charge on any atom is -0.456 e. The van der Waals surface area contributed by atoms with Gasteiger partial charge >= 0.3 is 0 Å². The van der Waals surface area contributed by atoms with E-state index in [1.807, 2.05) is 0 Å². The number of para-hydroxylation sites is 1. The highest BCUT2D eigenvalue weighted by atomic mass is 19.1. The van der Waals surface area contributed by atoms with E-state index in [0.29, 0.717) is 11.0 Å². The van der Waals surface area contributed by atoms with Crippen LogP contribution in [0.1, 0.15) is 27.5 Å². The average molecular weight is 288 g/mol. The van der Waals surface area contributed by atoms with Gasteiger partial charge in [-0.3, -0.25) is 4.79 Å². The molecule has 0 unspecified atom stereocenters. The SMILES string of the molecule is [2H]C([2H])([2H])C(=CCc1cc(F)cc2oc3ccccc3c(=O)c12)C([2H])([2H])[2H]. The van der Waals surface area contributed by atoms with Crippen LogP contribution in [0.15, 0.2) is 57.3 Å². The van der Waals surface area contributed by atoms with Crippen LogP contribution in [0.3, 0.4) is 0 Å². The molecule has 0 atom stereocenters. The van der Waals surface area contributed by atoms with Gasteiger partial charge in [0.15, 0.2) is 0 Å². The second kappa shape index (κ2) is 5.17. The summed E-state index contributed by atoms with van der Waals surface area (Å²) in [6.45, 7) is -5.66. The average Bonchev–Trinajstić information content (AvgIpc) is 2.52. The van der Waals surface area contributed by atoms with Crippen LogP contribution in [0.4, 0.5) is 4.39 Å². The van der Waals surface area contributed by atoms with E-state index in [-0.39, 0.29) is 28.4 Å². The summed E-state index contributed by atoms with van der Waals surface area (Å²) < 4.78 is 64.1. The van der Waals surface area contributed by atoms with Crippen LogP contribution in [0.2, 0.25) is 0 Å². The highest BCUT2D eigenvalue weighted by molar-refractivity contribution is 5.91. The third-order valence-corrected chi connectivity index (χ3v) is 3.25. The van der Waals surface area contributed by atoms with Crippen LogP contribution in [0.25, 0.3) is 21.9 Å². The quantitative estimate of drug-likeness (QED) is 0.510. The second-order valence-corrected chi connectivity index (χ2v) is 4.69. The van der Waals surface area contributed by atoms with Crippen LogP contribution in [0.5, 0.6) is 0 Å². The zero-order valence-electron chi connectivity index (χ0n) is 16.9. The topological polar surface area (TPSA) is 30.2 Å².